The minimum atomic E-state index is 0.0146. The summed E-state index contributed by atoms with van der Waals surface area (Å²) in [6, 6.07) is 0.212. The van der Waals surface area contributed by atoms with E-state index in [1.807, 2.05) is 23.9 Å². The van der Waals surface area contributed by atoms with Gasteiger partial charge in [-0.05, 0) is 31.7 Å². The van der Waals surface area contributed by atoms with E-state index in [1.54, 1.807) is 0 Å². The van der Waals surface area contributed by atoms with Crippen LogP contribution in [0.15, 0.2) is 12.4 Å². The van der Waals surface area contributed by atoms with Gasteiger partial charge in [-0.3, -0.25) is 9.59 Å². The molecule has 1 amide bonds. The molecule has 1 atom stereocenters. The highest BCUT2D eigenvalue weighted by atomic mass is 16.2. The topological polar surface area (TPSA) is 51.1 Å². The summed E-state index contributed by atoms with van der Waals surface area (Å²) in [5.74, 6) is 0.223. The maximum Gasteiger partial charge on any atom is 0.240 e. The molecule has 1 unspecified atom stereocenters. The number of Topliss-reactive ketones (excluding diaryl/α,β-unsaturated/α-hetero) is 1. The van der Waals surface area contributed by atoms with E-state index in [9.17, 15) is 9.59 Å². The van der Waals surface area contributed by atoms with Crippen molar-refractivity contribution in [2.45, 2.75) is 58.5 Å². The second-order valence-electron chi connectivity index (χ2n) is 5.40. The fraction of sp³-hybridized carbons (Fsp3) is 0.600. The van der Waals surface area contributed by atoms with E-state index in [0.29, 0.717) is 13.0 Å². The van der Waals surface area contributed by atoms with E-state index in [1.165, 1.54) is 0 Å². The lowest BCUT2D eigenvalue weighted by atomic mass is 9.95. The number of fused-ring (bicyclic) bond motifs is 1. The second-order valence-corrected chi connectivity index (χ2v) is 5.40. The van der Waals surface area contributed by atoms with Crippen molar-refractivity contribution in [3.05, 3.63) is 23.5 Å². The molecule has 1 heterocycles. The average molecular weight is 262 g/mol. The van der Waals surface area contributed by atoms with Crippen LogP contribution in [0, 0.1) is 0 Å². The van der Waals surface area contributed by atoms with Crippen LogP contribution >= 0.6 is 0 Å². The van der Waals surface area contributed by atoms with Crippen molar-refractivity contribution in [3.63, 3.8) is 0 Å². The summed E-state index contributed by atoms with van der Waals surface area (Å²) in [4.78, 5) is 23.6. The normalized spacial score (nSPS) is 16.0. The fourth-order valence-corrected chi connectivity index (χ4v) is 2.66. The van der Waals surface area contributed by atoms with Gasteiger partial charge in [-0.15, -0.1) is 0 Å². The van der Waals surface area contributed by atoms with Gasteiger partial charge in [0, 0.05) is 30.4 Å². The Labute approximate surface area is 114 Å². The molecule has 0 saturated carbocycles. The van der Waals surface area contributed by atoms with Crippen molar-refractivity contribution >= 4 is 11.7 Å². The number of carbonyl (C=O) groups excluding carboxylic acids is 2. The SMILES string of the molecule is CCCC(C)NC(=O)Cn1cc2c(c1)C(=O)CCC2. The first kappa shape index (κ1) is 13.8. The highest BCUT2D eigenvalue weighted by Crippen LogP contribution is 2.21. The molecular weight excluding hydrogens is 240 g/mol. The zero-order valence-electron chi connectivity index (χ0n) is 11.7. The van der Waals surface area contributed by atoms with Crippen molar-refractivity contribution in [2.75, 3.05) is 0 Å². The van der Waals surface area contributed by atoms with Crippen LogP contribution in [-0.2, 0) is 17.8 Å². The minimum absolute atomic E-state index is 0.0146. The van der Waals surface area contributed by atoms with E-state index < -0.39 is 0 Å². The summed E-state index contributed by atoms with van der Waals surface area (Å²) in [5, 5.41) is 2.98. The molecule has 1 aromatic heterocycles. The second kappa shape index (κ2) is 6.04. The predicted molar refractivity (Wildman–Crippen MR) is 74.2 cm³/mol. The minimum Gasteiger partial charge on any atom is -0.352 e. The molecule has 4 nitrogen and oxygen atoms in total. The van der Waals surface area contributed by atoms with E-state index in [2.05, 4.69) is 12.2 Å². The van der Waals surface area contributed by atoms with Crippen molar-refractivity contribution in [2.24, 2.45) is 0 Å². The Morgan fingerprint density at radius 2 is 2.21 bits per heavy atom. The van der Waals surface area contributed by atoms with Gasteiger partial charge in [0.15, 0.2) is 5.78 Å². The van der Waals surface area contributed by atoms with Crippen molar-refractivity contribution in [1.29, 1.82) is 0 Å². The summed E-state index contributed by atoms with van der Waals surface area (Å²) in [5.41, 5.74) is 1.89. The Kier molecular flexibility index (Phi) is 4.40. The van der Waals surface area contributed by atoms with Gasteiger partial charge in [0.05, 0.1) is 0 Å². The number of aryl methyl sites for hydroxylation is 1. The third-order valence-electron chi connectivity index (χ3n) is 3.57. The summed E-state index contributed by atoms with van der Waals surface area (Å²) in [6.45, 7) is 4.42. The molecule has 1 aliphatic carbocycles. The van der Waals surface area contributed by atoms with Crippen molar-refractivity contribution in [3.8, 4) is 0 Å². The number of ketones is 1. The number of nitrogens with one attached hydrogen (secondary N) is 1. The van der Waals surface area contributed by atoms with Crippen LogP contribution in [0.4, 0.5) is 0 Å². The number of hydrogen-bond acceptors (Lipinski definition) is 2. The molecule has 2 rings (SSSR count). The van der Waals surface area contributed by atoms with Crippen LogP contribution in [0.3, 0.4) is 0 Å². The fourth-order valence-electron chi connectivity index (χ4n) is 2.66. The molecule has 0 aliphatic heterocycles. The maximum atomic E-state index is 11.9. The summed E-state index contributed by atoms with van der Waals surface area (Å²) >= 11 is 0. The van der Waals surface area contributed by atoms with Crippen LogP contribution in [-0.4, -0.2) is 22.3 Å². The average Bonchev–Trinajstić information content (AvgIpc) is 2.72. The number of aromatic nitrogens is 1. The standard InChI is InChI=1S/C15H22N2O2/c1-3-5-11(2)16-15(19)10-17-8-12-6-4-7-14(18)13(12)9-17/h8-9,11H,3-7,10H2,1-2H3,(H,16,19). The van der Waals surface area contributed by atoms with Gasteiger partial charge in [0.2, 0.25) is 5.91 Å². The highest BCUT2D eigenvalue weighted by Gasteiger charge is 2.19. The van der Waals surface area contributed by atoms with Crippen LogP contribution in [0.25, 0.3) is 0 Å². The molecular formula is C15H22N2O2. The number of hydrogen-bond donors (Lipinski definition) is 1. The Balaban J connectivity index is 1.96. The zero-order chi connectivity index (χ0) is 13.8. The lowest BCUT2D eigenvalue weighted by Gasteiger charge is -2.12. The van der Waals surface area contributed by atoms with Crippen molar-refractivity contribution < 1.29 is 9.59 Å². The molecule has 0 bridgehead atoms. The number of carbonyl (C=O) groups is 2. The maximum absolute atomic E-state index is 11.9. The number of amides is 1. The molecule has 0 saturated heterocycles. The molecule has 0 radical (unpaired) electrons. The Hall–Kier alpha value is -1.58. The third-order valence-corrected chi connectivity index (χ3v) is 3.57. The van der Waals surface area contributed by atoms with Gasteiger partial charge < -0.3 is 9.88 Å². The van der Waals surface area contributed by atoms with Gasteiger partial charge in [0.1, 0.15) is 6.54 Å². The first-order chi connectivity index (χ1) is 9.10. The summed E-state index contributed by atoms with van der Waals surface area (Å²) in [6.07, 6.45) is 8.33. The largest absolute Gasteiger partial charge is 0.352 e. The van der Waals surface area contributed by atoms with E-state index >= 15 is 0 Å². The van der Waals surface area contributed by atoms with Gasteiger partial charge in [-0.25, -0.2) is 0 Å². The molecule has 0 aromatic carbocycles. The molecule has 0 spiro atoms. The highest BCUT2D eigenvalue weighted by molar-refractivity contribution is 5.98. The lowest BCUT2D eigenvalue weighted by molar-refractivity contribution is -0.122. The van der Waals surface area contributed by atoms with E-state index in [4.69, 9.17) is 0 Å². The van der Waals surface area contributed by atoms with Gasteiger partial charge >= 0.3 is 0 Å². The van der Waals surface area contributed by atoms with Crippen LogP contribution < -0.4 is 5.32 Å². The lowest BCUT2D eigenvalue weighted by Crippen LogP contribution is -2.34. The summed E-state index contributed by atoms with van der Waals surface area (Å²) in [7, 11) is 0. The van der Waals surface area contributed by atoms with E-state index in [0.717, 1.165) is 36.8 Å². The first-order valence-electron chi connectivity index (χ1n) is 7.11. The molecule has 1 aromatic rings. The molecule has 0 fully saturated rings. The van der Waals surface area contributed by atoms with Crippen LogP contribution in [0.1, 0.15) is 55.5 Å². The Morgan fingerprint density at radius 1 is 1.42 bits per heavy atom. The van der Waals surface area contributed by atoms with Gasteiger partial charge in [-0.2, -0.15) is 0 Å². The first-order valence-corrected chi connectivity index (χ1v) is 7.11. The molecule has 1 aliphatic rings. The van der Waals surface area contributed by atoms with E-state index in [-0.39, 0.29) is 17.7 Å². The van der Waals surface area contributed by atoms with Gasteiger partial charge in [0.25, 0.3) is 0 Å². The quantitative estimate of drug-likeness (QED) is 0.885. The number of rotatable bonds is 5. The van der Waals surface area contributed by atoms with Crippen LogP contribution in [0.2, 0.25) is 0 Å². The van der Waals surface area contributed by atoms with Crippen LogP contribution in [0.5, 0.6) is 0 Å². The monoisotopic (exact) mass is 262 g/mol. The van der Waals surface area contributed by atoms with Crippen molar-refractivity contribution in [1.82, 2.24) is 9.88 Å². The molecule has 1 N–H and O–H groups in total. The smallest absolute Gasteiger partial charge is 0.240 e. The Bertz CT molecular complexity index is 476. The molecule has 4 heteroatoms. The third kappa shape index (κ3) is 3.46. The predicted octanol–water partition coefficient (Wildman–Crippen LogP) is 2.31. The zero-order valence-corrected chi connectivity index (χ0v) is 11.7. The molecule has 19 heavy (non-hydrogen) atoms. The van der Waals surface area contributed by atoms with Gasteiger partial charge in [-0.1, -0.05) is 13.3 Å². The number of nitrogens with zero attached hydrogens (tertiary/aromatic N) is 1. The molecule has 104 valence electrons. The Morgan fingerprint density at radius 3 is 2.89 bits per heavy atom. The summed E-state index contributed by atoms with van der Waals surface area (Å²) < 4.78 is 1.84.